The predicted octanol–water partition coefficient (Wildman–Crippen LogP) is 8.94. The Kier molecular flexibility index (Phi) is 9.79. The third-order valence-corrected chi connectivity index (χ3v) is 6.09. The fraction of sp³-hybridized carbons (Fsp3) is 0.219. The average Bonchev–Trinajstić information content (AvgIpc) is 3.43. The van der Waals surface area contributed by atoms with E-state index in [1.807, 2.05) is 113 Å². The molecule has 1 aliphatic rings. The molecule has 0 saturated heterocycles. The second-order valence-corrected chi connectivity index (χ2v) is 9.09. The number of nitrogens with one attached hydrogen (secondary N) is 1. The maximum Gasteiger partial charge on any atom is 0.935 e. The molecule has 0 fully saturated rings. The van der Waals surface area contributed by atoms with Crippen LogP contribution >= 0.6 is 0 Å². The maximum atomic E-state index is 14.5. The van der Waals surface area contributed by atoms with E-state index in [0.717, 1.165) is 43.7 Å². The molecule has 37 heavy (non-hydrogen) atoms. The third-order valence-electron chi connectivity index (χ3n) is 6.09. The summed E-state index contributed by atoms with van der Waals surface area (Å²) in [4.78, 5) is 3.49. The lowest BCUT2D eigenvalue weighted by atomic mass is 9.92. The number of rotatable bonds is 7. The average molecular weight is 497 g/mol. The third kappa shape index (κ3) is 6.73. The van der Waals surface area contributed by atoms with Gasteiger partial charge < -0.3 is 4.98 Å². The molecule has 2 aromatic carbocycles. The molecule has 1 N–H and O–H groups in total. The summed E-state index contributed by atoms with van der Waals surface area (Å²) in [5.41, 5.74) is 7.73. The van der Waals surface area contributed by atoms with Crippen LogP contribution < -0.4 is 0 Å². The van der Waals surface area contributed by atoms with Gasteiger partial charge in [0, 0.05) is 29.0 Å². The van der Waals surface area contributed by atoms with Crippen LogP contribution in [0.2, 0.25) is 0 Å². The van der Waals surface area contributed by atoms with Crippen molar-refractivity contribution < 1.29 is 13.1 Å². The van der Waals surface area contributed by atoms with Crippen LogP contribution in [-0.2, 0) is 0 Å². The van der Waals surface area contributed by atoms with Crippen LogP contribution in [-0.4, -0.2) is 22.6 Å². The highest BCUT2D eigenvalue weighted by molar-refractivity contribution is 6.36. The first-order valence-electron chi connectivity index (χ1n) is 12.9. The van der Waals surface area contributed by atoms with E-state index in [9.17, 15) is 8.63 Å². The first kappa shape index (κ1) is 27.9. The zero-order valence-electron chi connectivity index (χ0n) is 22.6. The Morgan fingerprint density at radius 3 is 1.89 bits per heavy atom. The van der Waals surface area contributed by atoms with Crippen molar-refractivity contribution >= 4 is 36.9 Å². The van der Waals surface area contributed by atoms with Gasteiger partial charge >= 0.3 is 7.40 Å². The zero-order valence-corrected chi connectivity index (χ0v) is 22.6. The fourth-order valence-corrected chi connectivity index (χ4v) is 4.49. The number of aromatic amines is 1. The molecule has 0 aliphatic carbocycles. The molecule has 2 nitrogen and oxygen atoms in total. The number of halogens is 2. The summed E-state index contributed by atoms with van der Waals surface area (Å²) in [7, 11) is -2.66. The van der Waals surface area contributed by atoms with Crippen molar-refractivity contribution in [3.05, 3.63) is 118 Å². The summed E-state index contributed by atoms with van der Waals surface area (Å²) in [6, 6.07) is 21.9. The maximum absolute atomic E-state index is 14.5. The summed E-state index contributed by atoms with van der Waals surface area (Å²) >= 11 is 0. The lowest BCUT2D eigenvalue weighted by molar-refractivity contribution is -0.342. The molecule has 3 aromatic rings. The van der Waals surface area contributed by atoms with Gasteiger partial charge in [-0.25, -0.2) is 13.1 Å². The normalized spacial score (nSPS) is 14.9. The number of benzene rings is 2. The molecule has 1 aliphatic heterocycles. The molecule has 0 saturated carbocycles. The molecule has 0 unspecified atom stereocenters. The number of hydrogen-bond acceptors (Lipinski definition) is 0. The SMILES string of the molecule is CC.CC1=CC(/C=C/c2ccccc2)=[N+](B(F)F)C/1=C(\c1[nH]c(/C=C/c2ccccc2)cc1C)C(C)C. The largest absolute Gasteiger partial charge is 0.935 e. The second-order valence-electron chi connectivity index (χ2n) is 9.09. The molecule has 4 rings (SSSR count). The summed E-state index contributed by atoms with van der Waals surface area (Å²) in [5, 5.41) is 0. The van der Waals surface area contributed by atoms with E-state index >= 15 is 0 Å². The van der Waals surface area contributed by atoms with Gasteiger partial charge in [-0.3, -0.25) is 0 Å². The highest BCUT2D eigenvalue weighted by Crippen LogP contribution is 2.36. The first-order chi connectivity index (χ1) is 17.8. The smallest absolute Gasteiger partial charge is 0.355 e. The Hall–Kier alpha value is -3.73. The summed E-state index contributed by atoms with van der Waals surface area (Å²) < 4.78 is 30.1. The topological polar surface area (TPSA) is 18.8 Å². The van der Waals surface area contributed by atoms with E-state index in [1.54, 1.807) is 6.08 Å². The lowest BCUT2D eigenvalue weighted by Gasteiger charge is -2.14. The number of aromatic nitrogens is 1. The van der Waals surface area contributed by atoms with Gasteiger partial charge in [0.25, 0.3) is 0 Å². The second kappa shape index (κ2) is 13.0. The summed E-state index contributed by atoms with van der Waals surface area (Å²) in [6.45, 7) is 12.0. The highest BCUT2D eigenvalue weighted by Gasteiger charge is 2.45. The number of nitrogens with zero attached hydrogens (tertiary/aromatic N) is 1. The van der Waals surface area contributed by atoms with E-state index < -0.39 is 7.40 Å². The minimum Gasteiger partial charge on any atom is -0.355 e. The van der Waals surface area contributed by atoms with Crippen molar-refractivity contribution in [3.63, 3.8) is 0 Å². The van der Waals surface area contributed by atoms with Crippen molar-refractivity contribution in [3.8, 4) is 0 Å². The van der Waals surface area contributed by atoms with Gasteiger partial charge in [-0.15, -0.1) is 0 Å². The van der Waals surface area contributed by atoms with Crippen molar-refractivity contribution in [2.75, 3.05) is 0 Å². The number of aryl methyl sites for hydroxylation is 1. The van der Waals surface area contributed by atoms with Gasteiger partial charge in [-0.2, -0.15) is 0 Å². The quantitative estimate of drug-likeness (QED) is 0.314. The van der Waals surface area contributed by atoms with Crippen molar-refractivity contribution in [2.45, 2.75) is 41.5 Å². The van der Waals surface area contributed by atoms with E-state index in [-0.39, 0.29) is 5.92 Å². The summed E-state index contributed by atoms with van der Waals surface area (Å²) in [6.07, 6.45) is 9.56. The number of allylic oxidation sites excluding steroid dienone is 4. The van der Waals surface area contributed by atoms with Gasteiger partial charge in [-0.1, -0.05) is 94.4 Å². The molecular weight excluding hydrogens is 461 g/mol. The molecule has 0 spiro atoms. The van der Waals surface area contributed by atoms with Crippen LogP contribution in [0.15, 0.2) is 90.2 Å². The van der Waals surface area contributed by atoms with Gasteiger partial charge in [0.05, 0.1) is 5.69 Å². The van der Waals surface area contributed by atoms with Crippen LogP contribution in [0.5, 0.6) is 0 Å². The van der Waals surface area contributed by atoms with E-state index in [1.165, 1.54) is 0 Å². The van der Waals surface area contributed by atoms with E-state index in [2.05, 4.69) is 24.9 Å². The van der Waals surface area contributed by atoms with Crippen LogP contribution in [0, 0.1) is 12.8 Å². The van der Waals surface area contributed by atoms with Crippen LogP contribution in [0.4, 0.5) is 8.63 Å². The molecule has 5 heteroatoms. The molecule has 0 amide bonds. The van der Waals surface area contributed by atoms with Crippen molar-refractivity contribution in [1.82, 2.24) is 4.98 Å². The standard InChI is InChI=1S/C30H29BF2N2.C2H6/c1-21(2)28(29-22(3)19-26(34-29)17-15-24-11-7-5-8-12-24)30-23(4)20-27(35(30)31(32)33)18-16-25-13-9-6-10-14-25;1-2/h5-21H,1-4H3;1-2H3/p+1/b17-15+,18-16+;. The van der Waals surface area contributed by atoms with Crippen molar-refractivity contribution in [1.29, 1.82) is 0 Å². The highest BCUT2D eigenvalue weighted by atomic mass is 19.2. The molecule has 0 bridgehead atoms. The molecule has 0 atom stereocenters. The number of H-pyrrole nitrogens is 1. The Bertz CT molecular complexity index is 1340. The van der Waals surface area contributed by atoms with Crippen LogP contribution in [0.3, 0.4) is 0 Å². The Balaban J connectivity index is 0.00000186. The van der Waals surface area contributed by atoms with Gasteiger partial charge in [0.15, 0.2) is 11.4 Å². The Labute approximate surface area is 220 Å². The Morgan fingerprint density at radius 2 is 1.38 bits per heavy atom. The Morgan fingerprint density at radius 1 is 0.838 bits per heavy atom. The molecule has 1 aromatic heterocycles. The number of hydrogen-bond donors (Lipinski definition) is 1. The lowest BCUT2D eigenvalue weighted by Crippen LogP contribution is -2.26. The monoisotopic (exact) mass is 497 g/mol. The minimum atomic E-state index is -2.66. The molecule has 0 radical (unpaired) electrons. The van der Waals surface area contributed by atoms with E-state index in [0.29, 0.717) is 11.4 Å². The molecule has 190 valence electrons. The van der Waals surface area contributed by atoms with Gasteiger partial charge in [0.1, 0.15) is 0 Å². The van der Waals surface area contributed by atoms with Gasteiger partial charge in [-0.05, 0) is 54.7 Å². The first-order valence-corrected chi connectivity index (χ1v) is 12.9. The van der Waals surface area contributed by atoms with Gasteiger partial charge in [0.2, 0.25) is 0 Å². The summed E-state index contributed by atoms with van der Waals surface area (Å²) in [5.74, 6) is 0.0374. The van der Waals surface area contributed by atoms with Crippen molar-refractivity contribution in [2.24, 2.45) is 5.92 Å². The van der Waals surface area contributed by atoms with Crippen LogP contribution in [0.1, 0.15) is 62.7 Å². The molecule has 2 heterocycles. The zero-order chi connectivity index (χ0) is 26.9. The fourth-order valence-electron chi connectivity index (χ4n) is 4.49. The molecular formula is C32H36BF2N2+. The van der Waals surface area contributed by atoms with E-state index in [4.69, 9.17) is 0 Å². The van der Waals surface area contributed by atoms with Crippen LogP contribution in [0.25, 0.3) is 23.8 Å². The minimum absolute atomic E-state index is 0.0374. The predicted molar refractivity (Wildman–Crippen MR) is 156 cm³/mol.